The van der Waals surface area contributed by atoms with Gasteiger partial charge in [-0.05, 0) is 25.8 Å². The summed E-state index contributed by atoms with van der Waals surface area (Å²) in [5, 5.41) is 3.61. The zero-order chi connectivity index (χ0) is 10.2. The maximum atomic E-state index is 6.06. The molecular weight excluding hydrogens is 172 g/mol. The van der Waals surface area contributed by atoms with Gasteiger partial charge in [-0.3, -0.25) is 0 Å². The lowest BCUT2D eigenvalue weighted by atomic mass is 9.91. The van der Waals surface area contributed by atoms with E-state index in [2.05, 4.69) is 12.2 Å². The van der Waals surface area contributed by atoms with Gasteiger partial charge in [0.25, 0.3) is 0 Å². The van der Waals surface area contributed by atoms with Gasteiger partial charge in [-0.15, -0.1) is 0 Å². The van der Waals surface area contributed by atoms with Crippen molar-refractivity contribution in [2.45, 2.75) is 70.4 Å². The summed E-state index contributed by atoms with van der Waals surface area (Å²) in [6, 6.07) is 1.01. The smallest absolute Gasteiger partial charge is 0.0219 e. The summed E-state index contributed by atoms with van der Waals surface area (Å²) in [5.41, 5.74) is 6.06. The van der Waals surface area contributed by atoms with Gasteiger partial charge in [0.1, 0.15) is 0 Å². The molecule has 1 saturated carbocycles. The van der Waals surface area contributed by atoms with Gasteiger partial charge in [-0.1, -0.05) is 39.0 Å². The van der Waals surface area contributed by atoms with Crippen molar-refractivity contribution in [2.75, 3.05) is 6.54 Å². The molecule has 1 rings (SSSR count). The first-order valence-corrected chi connectivity index (χ1v) is 6.33. The molecule has 0 heterocycles. The quantitative estimate of drug-likeness (QED) is 0.643. The normalized spacial score (nSPS) is 27.9. The molecule has 0 unspecified atom stereocenters. The van der Waals surface area contributed by atoms with E-state index in [1.54, 1.807) is 0 Å². The van der Waals surface area contributed by atoms with E-state index in [0.29, 0.717) is 12.1 Å². The fraction of sp³-hybridized carbons (Fsp3) is 1.00. The van der Waals surface area contributed by atoms with E-state index in [9.17, 15) is 0 Å². The summed E-state index contributed by atoms with van der Waals surface area (Å²) in [5.74, 6) is 0. The minimum absolute atomic E-state index is 0.412. The summed E-state index contributed by atoms with van der Waals surface area (Å²) in [6.45, 7) is 3.42. The average Bonchev–Trinajstić information content (AvgIpc) is 2.20. The van der Waals surface area contributed by atoms with Crippen molar-refractivity contribution in [1.82, 2.24) is 5.32 Å². The van der Waals surface area contributed by atoms with Gasteiger partial charge in [-0.25, -0.2) is 0 Å². The van der Waals surface area contributed by atoms with Gasteiger partial charge in [0.15, 0.2) is 0 Å². The van der Waals surface area contributed by atoms with Gasteiger partial charge in [0, 0.05) is 12.1 Å². The Labute approximate surface area is 88.6 Å². The molecule has 1 fully saturated rings. The molecule has 0 aromatic rings. The van der Waals surface area contributed by atoms with Crippen LogP contribution in [0.5, 0.6) is 0 Å². The fourth-order valence-corrected chi connectivity index (χ4v) is 2.25. The third kappa shape index (κ3) is 4.43. The van der Waals surface area contributed by atoms with Crippen molar-refractivity contribution >= 4 is 0 Å². The van der Waals surface area contributed by atoms with E-state index in [4.69, 9.17) is 5.73 Å². The Balaban J connectivity index is 1.99. The molecule has 84 valence electrons. The Morgan fingerprint density at radius 1 is 1.14 bits per heavy atom. The van der Waals surface area contributed by atoms with Crippen molar-refractivity contribution in [1.29, 1.82) is 0 Å². The van der Waals surface area contributed by atoms with Crippen molar-refractivity contribution in [3.8, 4) is 0 Å². The number of hydrogen-bond donors (Lipinski definition) is 2. The van der Waals surface area contributed by atoms with Gasteiger partial charge in [0.05, 0.1) is 0 Å². The Morgan fingerprint density at radius 2 is 1.93 bits per heavy atom. The van der Waals surface area contributed by atoms with Crippen LogP contribution in [0.15, 0.2) is 0 Å². The van der Waals surface area contributed by atoms with Crippen LogP contribution in [0.3, 0.4) is 0 Å². The molecule has 3 N–H and O–H groups in total. The maximum Gasteiger partial charge on any atom is 0.0219 e. The number of hydrogen-bond acceptors (Lipinski definition) is 2. The molecule has 2 heteroatoms. The standard InChI is InChI=1S/C12H26N2/c1-2-3-4-7-10-14-12-9-6-5-8-11(12)13/h11-12,14H,2-10,13H2,1H3/t11-,12-/m1/s1. The summed E-state index contributed by atoms with van der Waals surface area (Å²) < 4.78 is 0. The molecule has 2 nitrogen and oxygen atoms in total. The van der Waals surface area contributed by atoms with E-state index in [0.717, 1.165) is 0 Å². The number of unbranched alkanes of at least 4 members (excludes halogenated alkanes) is 3. The zero-order valence-corrected chi connectivity index (χ0v) is 9.60. The molecular formula is C12H26N2. The van der Waals surface area contributed by atoms with E-state index in [1.807, 2.05) is 0 Å². The van der Waals surface area contributed by atoms with Gasteiger partial charge >= 0.3 is 0 Å². The molecule has 1 aliphatic carbocycles. The number of nitrogens with one attached hydrogen (secondary N) is 1. The van der Waals surface area contributed by atoms with E-state index in [-0.39, 0.29) is 0 Å². The topological polar surface area (TPSA) is 38.0 Å². The molecule has 0 radical (unpaired) electrons. The zero-order valence-electron chi connectivity index (χ0n) is 9.60. The first kappa shape index (κ1) is 12.0. The van der Waals surface area contributed by atoms with Crippen molar-refractivity contribution < 1.29 is 0 Å². The molecule has 0 amide bonds. The first-order valence-electron chi connectivity index (χ1n) is 6.33. The lowest BCUT2D eigenvalue weighted by Gasteiger charge is -2.29. The lowest BCUT2D eigenvalue weighted by molar-refractivity contribution is 0.326. The predicted octanol–water partition coefficient (Wildman–Crippen LogP) is 2.43. The van der Waals surface area contributed by atoms with E-state index < -0.39 is 0 Å². The molecule has 0 bridgehead atoms. The molecule has 0 aromatic carbocycles. The lowest BCUT2D eigenvalue weighted by Crippen LogP contribution is -2.47. The SMILES string of the molecule is CCCCCCN[C@@H]1CCCC[C@H]1N. The number of rotatable bonds is 6. The van der Waals surface area contributed by atoms with Crippen molar-refractivity contribution in [3.05, 3.63) is 0 Å². The van der Waals surface area contributed by atoms with Crippen LogP contribution in [0, 0.1) is 0 Å². The third-order valence-electron chi connectivity index (χ3n) is 3.26. The fourth-order valence-electron chi connectivity index (χ4n) is 2.25. The number of nitrogens with two attached hydrogens (primary N) is 1. The average molecular weight is 198 g/mol. The summed E-state index contributed by atoms with van der Waals surface area (Å²) in [4.78, 5) is 0. The largest absolute Gasteiger partial charge is 0.326 e. The van der Waals surface area contributed by atoms with Gasteiger partial charge < -0.3 is 11.1 Å². The van der Waals surface area contributed by atoms with Crippen LogP contribution >= 0.6 is 0 Å². The van der Waals surface area contributed by atoms with Crippen molar-refractivity contribution in [3.63, 3.8) is 0 Å². The second kappa shape index (κ2) is 7.24. The van der Waals surface area contributed by atoms with Crippen LogP contribution in [0.1, 0.15) is 58.3 Å². The minimum atomic E-state index is 0.412. The second-order valence-electron chi connectivity index (χ2n) is 4.57. The van der Waals surface area contributed by atoms with Crippen molar-refractivity contribution in [2.24, 2.45) is 5.73 Å². The molecule has 0 spiro atoms. The molecule has 0 aromatic heterocycles. The van der Waals surface area contributed by atoms with Gasteiger partial charge in [-0.2, -0.15) is 0 Å². The van der Waals surface area contributed by atoms with Crippen LogP contribution in [-0.2, 0) is 0 Å². The monoisotopic (exact) mass is 198 g/mol. The Hall–Kier alpha value is -0.0800. The first-order chi connectivity index (χ1) is 6.84. The molecule has 0 saturated heterocycles. The predicted molar refractivity (Wildman–Crippen MR) is 62.4 cm³/mol. The minimum Gasteiger partial charge on any atom is -0.326 e. The third-order valence-corrected chi connectivity index (χ3v) is 3.26. The highest BCUT2D eigenvalue weighted by Crippen LogP contribution is 2.16. The summed E-state index contributed by atoms with van der Waals surface area (Å²) in [6.07, 6.45) is 10.6. The van der Waals surface area contributed by atoms with Gasteiger partial charge in [0.2, 0.25) is 0 Å². The highest BCUT2D eigenvalue weighted by atomic mass is 14.9. The summed E-state index contributed by atoms with van der Waals surface area (Å²) >= 11 is 0. The Bertz CT molecular complexity index is 136. The molecule has 1 aliphatic rings. The highest BCUT2D eigenvalue weighted by molar-refractivity contribution is 4.83. The molecule has 14 heavy (non-hydrogen) atoms. The van der Waals surface area contributed by atoms with Crippen LogP contribution in [-0.4, -0.2) is 18.6 Å². The molecule has 2 atom stereocenters. The summed E-state index contributed by atoms with van der Waals surface area (Å²) in [7, 11) is 0. The highest BCUT2D eigenvalue weighted by Gasteiger charge is 2.20. The van der Waals surface area contributed by atoms with E-state index >= 15 is 0 Å². The van der Waals surface area contributed by atoms with E-state index in [1.165, 1.54) is 57.9 Å². The Kier molecular flexibility index (Phi) is 6.20. The maximum absolute atomic E-state index is 6.06. The van der Waals surface area contributed by atoms with Crippen LogP contribution in [0.25, 0.3) is 0 Å². The van der Waals surface area contributed by atoms with Crippen LogP contribution in [0.4, 0.5) is 0 Å². The molecule has 0 aliphatic heterocycles. The van der Waals surface area contributed by atoms with Crippen LogP contribution < -0.4 is 11.1 Å². The second-order valence-corrected chi connectivity index (χ2v) is 4.57. The Morgan fingerprint density at radius 3 is 2.64 bits per heavy atom. The van der Waals surface area contributed by atoms with Crippen LogP contribution in [0.2, 0.25) is 0 Å².